The molecule has 1 aromatic carbocycles. The van der Waals surface area contributed by atoms with Gasteiger partial charge >= 0.3 is 6.09 Å². The first-order valence-corrected chi connectivity index (χ1v) is 12.7. The summed E-state index contributed by atoms with van der Waals surface area (Å²) in [6, 6.07) is 6.08. The summed E-state index contributed by atoms with van der Waals surface area (Å²) < 4.78 is 18.7. The summed E-state index contributed by atoms with van der Waals surface area (Å²) in [5, 5.41) is 1.74. The Balaban J connectivity index is 1.52. The van der Waals surface area contributed by atoms with Crippen LogP contribution in [0.3, 0.4) is 0 Å². The Labute approximate surface area is 212 Å². The minimum absolute atomic E-state index is 0.0805. The first kappa shape index (κ1) is 25.8. The van der Waals surface area contributed by atoms with Crippen LogP contribution in [0.5, 0.6) is 0 Å². The highest BCUT2D eigenvalue weighted by Gasteiger charge is 2.39. The molecule has 9 heteroatoms. The lowest BCUT2D eigenvalue weighted by atomic mass is 10.1. The predicted octanol–water partition coefficient (Wildman–Crippen LogP) is 4.46. The van der Waals surface area contributed by atoms with Crippen molar-refractivity contribution in [2.45, 2.75) is 70.9 Å². The molecule has 192 valence electrons. The standard InChI is InChI=1S/C26H36ClN3O5/c1-26(2,3)35-25(32)29-12-14-34-22(17-29)24(31)30(19-9-10-19)16-18-15-28(11-6-13-33-4)23-20(18)7-5-8-21(23)27/h5,7-8,15,19,22H,6,9-14,16-17H2,1-4H3/t22-/m1/s1. The Morgan fingerprint density at radius 3 is 2.71 bits per heavy atom. The summed E-state index contributed by atoms with van der Waals surface area (Å²) in [5.74, 6) is -0.0805. The van der Waals surface area contributed by atoms with Gasteiger partial charge in [0.1, 0.15) is 5.60 Å². The minimum Gasteiger partial charge on any atom is -0.444 e. The first-order chi connectivity index (χ1) is 16.7. The van der Waals surface area contributed by atoms with Gasteiger partial charge in [0, 0.05) is 51.0 Å². The number of fused-ring (bicyclic) bond motifs is 1. The molecule has 35 heavy (non-hydrogen) atoms. The van der Waals surface area contributed by atoms with Crippen molar-refractivity contribution in [1.29, 1.82) is 0 Å². The molecule has 0 bridgehead atoms. The molecule has 2 aliphatic rings. The van der Waals surface area contributed by atoms with E-state index in [1.165, 1.54) is 0 Å². The molecule has 1 saturated heterocycles. The van der Waals surface area contributed by atoms with Crippen LogP contribution in [-0.2, 0) is 32.1 Å². The maximum absolute atomic E-state index is 13.6. The van der Waals surface area contributed by atoms with Gasteiger partial charge in [-0.25, -0.2) is 4.79 Å². The van der Waals surface area contributed by atoms with Crippen molar-refractivity contribution in [2.75, 3.05) is 33.4 Å². The molecule has 0 N–H and O–H groups in total. The van der Waals surface area contributed by atoms with Crippen molar-refractivity contribution in [1.82, 2.24) is 14.4 Å². The third kappa shape index (κ3) is 6.29. The summed E-state index contributed by atoms with van der Waals surface area (Å²) in [7, 11) is 1.70. The summed E-state index contributed by atoms with van der Waals surface area (Å²) in [4.78, 5) is 29.7. The maximum atomic E-state index is 13.6. The van der Waals surface area contributed by atoms with Crippen molar-refractivity contribution in [3.8, 4) is 0 Å². The molecule has 0 unspecified atom stereocenters. The highest BCUT2D eigenvalue weighted by molar-refractivity contribution is 6.35. The van der Waals surface area contributed by atoms with Gasteiger partial charge in [0.25, 0.3) is 5.91 Å². The van der Waals surface area contributed by atoms with E-state index in [2.05, 4.69) is 16.8 Å². The molecule has 1 saturated carbocycles. The quantitative estimate of drug-likeness (QED) is 0.495. The fraction of sp³-hybridized carbons (Fsp3) is 0.615. The van der Waals surface area contributed by atoms with Crippen LogP contribution in [0.4, 0.5) is 4.79 Å². The molecule has 1 aromatic heterocycles. The molecule has 1 aliphatic carbocycles. The Morgan fingerprint density at radius 2 is 2.03 bits per heavy atom. The number of hydrogen-bond donors (Lipinski definition) is 0. The number of benzene rings is 1. The van der Waals surface area contributed by atoms with Gasteiger partial charge < -0.3 is 28.6 Å². The second kappa shape index (κ2) is 10.8. The zero-order valence-electron chi connectivity index (χ0n) is 21.1. The summed E-state index contributed by atoms with van der Waals surface area (Å²) in [5.41, 5.74) is 1.45. The SMILES string of the molecule is COCCCn1cc(CN(C(=O)[C@H]2CN(C(=O)OC(C)(C)C)CCO2)C2CC2)c2cccc(Cl)c21. The fourth-order valence-electron chi connectivity index (χ4n) is 4.50. The van der Waals surface area contributed by atoms with Crippen molar-refractivity contribution in [2.24, 2.45) is 0 Å². The number of carbonyl (C=O) groups is 2. The highest BCUT2D eigenvalue weighted by Crippen LogP contribution is 2.34. The average molecular weight is 506 g/mol. The number of carbonyl (C=O) groups excluding carboxylic acids is 2. The van der Waals surface area contributed by atoms with Crippen LogP contribution in [-0.4, -0.2) is 77.5 Å². The van der Waals surface area contributed by atoms with Crippen LogP contribution >= 0.6 is 11.6 Å². The number of methoxy groups -OCH3 is 1. The lowest BCUT2D eigenvalue weighted by molar-refractivity contribution is -0.150. The van der Waals surface area contributed by atoms with Crippen LogP contribution in [0.2, 0.25) is 5.02 Å². The number of halogens is 1. The highest BCUT2D eigenvalue weighted by atomic mass is 35.5. The van der Waals surface area contributed by atoms with Gasteiger partial charge in [-0.05, 0) is 51.7 Å². The van der Waals surface area contributed by atoms with E-state index in [0.29, 0.717) is 31.3 Å². The van der Waals surface area contributed by atoms with Crippen LogP contribution in [0.1, 0.15) is 45.6 Å². The zero-order chi connectivity index (χ0) is 25.2. The van der Waals surface area contributed by atoms with Crippen molar-refractivity contribution in [3.05, 3.63) is 35.0 Å². The fourth-order valence-corrected chi connectivity index (χ4v) is 4.79. The molecule has 2 fully saturated rings. The van der Waals surface area contributed by atoms with Crippen molar-refractivity contribution in [3.63, 3.8) is 0 Å². The third-order valence-electron chi connectivity index (χ3n) is 6.28. The number of ether oxygens (including phenoxy) is 3. The number of nitrogens with zero attached hydrogens (tertiary/aromatic N) is 3. The monoisotopic (exact) mass is 505 g/mol. The Morgan fingerprint density at radius 1 is 1.26 bits per heavy atom. The van der Waals surface area contributed by atoms with E-state index in [4.69, 9.17) is 25.8 Å². The van der Waals surface area contributed by atoms with Crippen molar-refractivity contribution < 1.29 is 23.8 Å². The van der Waals surface area contributed by atoms with Gasteiger partial charge in [0.05, 0.1) is 23.7 Å². The number of amides is 2. The number of rotatable bonds is 8. The molecule has 2 aromatic rings. The smallest absolute Gasteiger partial charge is 0.410 e. The molecule has 0 radical (unpaired) electrons. The molecule has 8 nitrogen and oxygen atoms in total. The number of aryl methyl sites for hydroxylation is 1. The topological polar surface area (TPSA) is 73.2 Å². The Hall–Kier alpha value is -2.29. The minimum atomic E-state index is -0.699. The lowest BCUT2D eigenvalue weighted by Crippen LogP contribution is -2.53. The maximum Gasteiger partial charge on any atom is 0.410 e. The van der Waals surface area contributed by atoms with Crippen molar-refractivity contribution >= 4 is 34.5 Å². The second-order valence-corrected chi connectivity index (χ2v) is 10.7. The molecule has 0 spiro atoms. The van der Waals surface area contributed by atoms with Gasteiger partial charge in [0.2, 0.25) is 0 Å². The van der Waals surface area contributed by atoms with E-state index in [-0.39, 0.29) is 18.5 Å². The molecule has 1 atom stereocenters. The normalized spacial score (nSPS) is 18.7. The molecule has 2 amide bonds. The van der Waals surface area contributed by atoms with E-state index < -0.39 is 17.8 Å². The van der Waals surface area contributed by atoms with Gasteiger partial charge in [-0.15, -0.1) is 0 Å². The van der Waals surface area contributed by atoms with Gasteiger partial charge in [0.15, 0.2) is 6.10 Å². The van der Waals surface area contributed by atoms with Crippen LogP contribution in [0.25, 0.3) is 10.9 Å². The van der Waals surface area contributed by atoms with Gasteiger partial charge in [-0.2, -0.15) is 0 Å². The Kier molecular flexibility index (Phi) is 7.93. The molecular formula is C26H36ClN3O5. The van der Waals surface area contributed by atoms with Gasteiger partial charge in [-0.1, -0.05) is 23.7 Å². The molecular weight excluding hydrogens is 470 g/mol. The van der Waals surface area contributed by atoms with E-state index in [1.807, 2.05) is 37.8 Å². The molecule has 1 aliphatic heterocycles. The molecule has 2 heterocycles. The predicted molar refractivity (Wildman–Crippen MR) is 135 cm³/mol. The van der Waals surface area contributed by atoms with E-state index >= 15 is 0 Å². The Bertz CT molecular complexity index is 1060. The van der Waals surface area contributed by atoms with Crippen LogP contribution < -0.4 is 0 Å². The van der Waals surface area contributed by atoms with Gasteiger partial charge in [-0.3, -0.25) is 4.79 Å². The lowest BCUT2D eigenvalue weighted by Gasteiger charge is -2.35. The average Bonchev–Trinajstić information content (AvgIpc) is 3.59. The number of hydrogen-bond acceptors (Lipinski definition) is 5. The summed E-state index contributed by atoms with van der Waals surface area (Å²) in [6.07, 6.45) is 3.81. The number of para-hydroxylation sites is 1. The van der Waals surface area contributed by atoms with Crippen LogP contribution in [0, 0.1) is 0 Å². The summed E-state index contributed by atoms with van der Waals surface area (Å²) in [6.45, 7) is 8.34. The third-order valence-corrected chi connectivity index (χ3v) is 6.59. The van der Waals surface area contributed by atoms with E-state index in [1.54, 1.807) is 12.0 Å². The van der Waals surface area contributed by atoms with E-state index in [9.17, 15) is 9.59 Å². The zero-order valence-corrected chi connectivity index (χ0v) is 21.8. The summed E-state index contributed by atoms with van der Waals surface area (Å²) >= 11 is 6.57. The first-order valence-electron chi connectivity index (χ1n) is 12.3. The van der Waals surface area contributed by atoms with E-state index in [0.717, 1.165) is 42.3 Å². The van der Waals surface area contributed by atoms with Crippen LogP contribution in [0.15, 0.2) is 24.4 Å². The second-order valence-electron chi connectivity index (χ2n) is 10.3. The number of morpholine rings is 1. The number of aromatic nitrogens is 1. The molecule has 4 rings (SSSR count). The largest absolute Gasteiger partial charge is 0.444 e.